The SMILES string of the molecule is CCOc1ccccc1-n1nnnc1SCC(C)C. The number of aromatic nitrogens is 4. The predicted molar refractivity (Wildman–Crippen MR) is 75.9 cm³/mol. The van der Waals surface area contributed by atoms with Gasteiger partial charge in [0.15, 0.2) is 0 Å². The molecule has 1 aromatic heterocycles. The molecule has 0 aliphatic heterocycles. The van der Waals surface area contributed by atoms with Gasteiger partial charge in [-0.25, -0.2) is 0 Å². The summed E-state index contributed by atoms with van der Waals surface area (Å²) in [5, 5.41) is 12.7. The molecule has 2 aromatic rings. The van der Waals surface area contributed by atoms with Crippen LogP contribution in [0.1, 0.15) is 20.8 Å². The second kappa shape index (κ2) is 6.56. The summed E-state index contributed by atoms with van der Waals surface area (Å²) in [5.74, 6) is 2.37. The van der Waals surface area contributed by atoms with E-state index in [2.05, 4.69) is 29.4 Å². The molecule has 0 radical (unpaired) electrons. The fraction of sp³-hybridized carbons (Fsp3) is 0.462. The first-order valence-electron chi connectivity index (χ1n) is 6.35. The molecule has 1 heterocycles. The fourth-order valence-corrected chi connectivity index (χ4v) is 2.40. The Balaban J connectivity index is 2.29. The third-order valence-corrected chi connectivity index (χ3v) is 3.73. The zero-order valence-corrected chi connectivity index (χ0v) is 12.2. The molecule has 0 aliphatic rings. The van der Waals surface area contributed by atoms with Crippen molar-refractivity contribution in [3.8, 4) is 11.4 Å². The number of ether oxygens (including phenoxy) is 1. The monoisotopic (exact) mass is 278 g/mol. The first-order valence-corrected chi connectivity index (χ1v) is 7.34. The molecule has 0 aliphatic carbocycles. The van der Waals surface area contributed by atoms with E-state index in [0.29, 0.717) is 12.5 Å². The lowest BCUT2D eigenvalue weighted by Gasteiger charge is -2.10. The van der Waals surface area contributed by atoms with Gasteiger partial charge in [-0.2, -0.15) is 4.68 Å². The summed E-state index contributed by atoms with van der Waals surface area (Å²) < 4.78 is 7.35. The lowest BCUT2D eigenvalue weighted by atomic mass is 10.3. The van der Waals surface area contributed by atoms with Crippen molar-refractivity contribution in [1.82, 2.24) is 20.2 Å². The predicted octanol–water partition coefficient (Wildman–Crippen LogP) is 2.81. The molecule has 0 saturated heterocycles. The Bertz CT molecular complexity index is 527. The highest BCUT2D eigenvalue weighted by Gasteiger charge is 2.13. The highest BCUT2D eigenvalue weighted by Crippen LogP contribution is 2.26. The summed E-state index contributed by atoms with van der Waals surface area (Å²) in [4.78, 5) is 0. The quantitative estimate of drug-likeness (QED) is 0.760. The highest BCUT2D eigenvalue weighted by molar-refractivity contribution is 7.99. The van der Waals surface area contributed by atoms with E-state index in [0.717, 1.165) is 22.3 Å². The summed E-state index contributed by atoms with van der Waals surface area (Å²) >= 11 is 1.65. The lowest BCUT2D eigenvalue weighted by Crippen LogP contribution is -2.04. The Labute approximate surface area is 117 Å². The van der Waals surface area contributed by atoms with Gasteiger partial charge in [0.25, 0.3) is 0 Å². The highest BCUT2D eigenvalue weighted by atomic mass is 32.2. The van der Waals surface area contributed by atoms with Gasteiger partial charge in [-0.15, -0.1) is 5.10 Å². The molecule has 0 unspecified atom stereocenters. The van der Waals surface area contributed by atoms with Crippen molar-refractivity contribution in [3.63, 3.8) is 0 Å². The van der Waals surface area contributed by atoms with E-state index in [1.54, 1.807) is 16.4 Å². The number of nitrogens with zero attached hydrogens (tertiary/aromatic N) is 4. The topological polar surface area (TPSA) is 52.8 Å². The van der Waals surface area contributed by atoms with Crippen molar-refractivity contribution in [2.75, 3.05) is 12.4 Å². The maximum Gasteiger partial charge on any atom is 0.214 e. The van der Waals surface area contributed by atoms with Crippen LogP contribution in [-0.4, -0.2) is 32.6 Å². The van der Waals surface area contributed by atoms with Crippen LogP contribution in [0.2, 0.25) is 0 Å². The molecule has 5 nitrogen and oxygen atoms in total. The van der Waals surface area contributed by atoms with Gasteiger partial charge >= 0.3 is 0 Å². The Morgan fingerprint density at radius 2 is 2.11 bits per heavy atom. The molecule has 0 saturated carbocycles. The van der Waals surface area contributed by atoms with Crippen molar-refractivity contribution in [2.24, 2.45) is 5.92 Å². The van der Waals surface area contributed by atoms with Gasteiger partial charge in [-0.05, 0) is 35.4 Å². The van der Waals surface area contributed by atoms with Crippen LogP contribution in [0.15, 0.2) is 29.4 Å². The van der Waals surface area contributed by atoms with Gasteiger partial charge in [-0.1, -0.05) is 37.7 Å². The molecule has 1 aromatic carbocycles. The lowest BCUT2D eigenvalue weighted by molar-refractivity contribution is 0.337. The molecule has 19 heavy (non-hydrogen) atoms. The smallest absolute Gasteiger partial charge is 0.214 e. The third-order valence-electron chi connectivity index (χ3n) is 2.38. The second-order valence-corrected chi connectivity index (χ2v) is 5.47. The Hall–Kier alpha value is -1.56. The number of para-hydroxylation sites is 2. The van der Waals surface area contributed by atoms with Gasteiger partial charge < -0.3 is 4.74 Å². The van der Waals surface area contributed by atoms with Crippen LogP contribution < -0.4 is 4.74 Å². The van der Waals surface area contributed by atoms with Gasteiger partial charge in [0.2, 0.25) is 5.16 Å². The second-order valence-electron chi connectivity index (χ2n) is 4.48. The molecule has 2 rings (SSSR count). The average molecular weight is 278 g/mol. The largest absolute Gasteiger partial charge is 0.492 e. The van der Waals surface area contributed by atoms with Crippen LogP contribution in [0.4, 0.5) is 0 Å². The number of hydrogen-bond acceptors (Lipinski definition) is 5. The normalized spacial score (nSPS) is 10.9. The van der Waals surface area contributed by atoms with Gasteiger partial charge in [0.1, 0.15) is 11.4 Å². The molecule has 102 valence electrons. The van der Waals surface area contributed by atoms with E-state index in [-0.39, 0.29) is 0 Å². The van der Waals surface area contributed by atoms with Crippen LogP contribution >= 0.6 is 11.8 Å². The Morgan fingerprint density at radius 3 is 2.84 bits per heavy atom. The molecule has 0 spiro atoms. The third kappa shape index (κ3) is 3.47. The molecule has 0 bridgehead atoms. The summed E-state index contributed by atoms with van der Waals surface area (Å²) in [6, 6.07) is 7.79. The molecular weight excluding hydrogens is 260 g/mol. The number of benzene rings is 1. The molecular formula is C13H18N4OS. The zero-order valence-electron chi connectivity index (χ0n) is 11.4. The number of thioether (sulfide) groups is 1. The molecule has 0 amide bonds. The van der Waals surface area contributed by atoms with Gasteiger partial charge in [0.05, 0.1) is 6.61 Å². The fourth-order valence-electron chi connectivity index (χ4n) is 1.57. The Morgan fingerprint density at radius 1 is 1.32 bits per heavy atom. The number of tetrazole rings is 1. The van der Waals surface area contributed by atoms with E-state index in [1.807, 2.05) is 31.2 Å². The molecule has 0 fully saturated rings. The van der Waals surface area contributed by atoms with E-state index in [9.17, 15) is 0 Å². The summed E-state index contributed by atoms with van der Waals surface area (Å²) in [5.41, 5.74) is 0.876. The van der Waals surface area contributed by atoms with Crippen LogP contribution in [0.5, 0.6) is 5.75 Å². The average Bonchev–Trinajstić information content (AvgIpc) is 2.85. The van der Waals surface area contributed by atoms with Crippen LogP contribution in [0.25, 0.3) is 5.69 Å². The maximum atomic E-state index is 5.62. The van der Waals surface area contributed by atoms with Crippen molar-refractivity contribution < 1.29 is 4.74 Å². The van der Waals surface area contributed by atoms with Crippen molar-refractivity contribution >= 4 is 11.8 Å². The van der Waals surface area contributed by atoms with E-state index < -0.39 is 0 Å². The minimum atomic E-state index is 0.595. The van der Waals surface area contributed by atoms with E-state index in [4.69, 9.17) is 4.74 Å². The van der Waals surface area contributed by atoms with Gasteiger partial charge in [-0.3, -0.25) is 0 Å². The molecule has 0 N–H and O–H groups in total. The van der Waals surface area contributed by atoms with Gasteiger partial charge in [0, 0.05) is 5.75 Å². The van der Waals surface area contributed by atoms with Crippen LogP contribution in [-0.2, 0) is 0 Å². The van der Waals surface area contributed by atoms with Crippen LogP contribution in [0, 0.1) is 5.92 Å². The summed E-state index contributed by atoms with van der Waals surface area (Å²) in [6.07, 6.45) is 0. The van der Waals surface area contributed by atoms with Crippen molar-refractivity contribution in [1.29, 1.82) is 0 Å². The number of hydrogen-bond donors (Lipinski definition) is 0. The minimum absolute atomic E-state index is 0.595. The standard InChI is InChI=1S/C13H18N4OS/c1-4-18-12-8-6-5-7-11(12)17-13(14-15-16-17)19-9-10(2)3/h5-8,10H,4,9H2,1-3H3. The summed E-state index contributed by atoms with van der Waals surface area (Å²) in [7, 11) is 0. The molecule has 0 atom stereocenters. The van der Waals surface area contributed by atoms with E-state index in [1.165, 1.54) is 0 Å². The first kappa shape index (κ1) is 13.9. The van der Waals surface area contributed by atoms with E-state index >= 15 is 0 Å². The minimum Gasteiger partial charge on any atom is -0.492 e. The van der Waals surface area contributed by atoms with Crippen molar-refractivity contribution in [2.45, 2.75) is 25.9 Å². The first-order chi connectivity index (χ1) is 9.22. The Kier molecular flexibility index (Phi) is 4.79. The van der Waals surface area contributed by atoms with Crippen LogP contribution in [0.3, 0.4) is 0 Å². The molecule has 6 heteroatoms. The summed E-state index contributed by atoms with van der Waals surface area (Å²) in [6.45, 7) is 6.93. The number of rotatable bonds is 6. The van der Waals surface area contributed by atoms with Crippen molar-refractivity contribution in [3.05, 3.63) is 24.3 Å². The zero-order chi connectivity index (χ0) is 13.7. The maximum absolute atomic E-state index is 5.62.